The van der Waals surface area contributed by atoms with Crippen molar-refractivity contribution in [3.8, 4) is 11.5 Å². The second-order valence-electron chi connectivity index (χ2n) is 9.62. The number of aromatic carboxylic acids is 2. The van der Waals surface area contributed by atoms with Gasteiger partial charge in [-0.05, 0) is 87.8 Å². The number of carbonyl (C=O) groups excluding carboxylic acids is 4. The molecule has 2 fully saturated rings. The van der Waals surface area contributed by atoms with Gasteiger partial charge in [0.25, 0.3) is 0 Å². The molecule has 0 unspecified atom stereocenters. The number of amides is 2. The standard InChI is InChI=1S/2C14H17NO5.Zn/c2*16-12-7-6-9(8-11(12)13(17)18)15-14(19)20-10-4-2-1-3-5-10;/h2*6-8,10,16H,1-5H2,(H,15,19)(H,17,18);/q;;+2/p-2. The average molecular weight is 622 g/mol. The quantitative estimate of drug-likeness (QED) is 0.274. The molecule has 0 aliphatic heterocycles. The molecule has 0 radical (unpaired) electrons. The maximum atomic E-state index is 11.7. The number of carbonyl (C=O) groups is 4. The average Bonchev–Trinajstić information content (AvgIpc) is 2.92. The summed E-state index contributed by atoms with van der Waals surface area (Å²) in [5, 5.41) is 45.1. The molecule has 2 aromatic rings. The molecule has 4 N–H and O–H groups in total. The summed E-state index contributed by atoms with van der Waals surface area (Å²) in [6.45, 7) is 0. The molecule has 0 heterocycles. The van der Waals surface area contributed by atoms with Crippen LogP contribution < -0.4 is 20.8 Å². The van der Waals surface area contributed by atoms with E-state index in [1.807, 2.05) is 0 Å². The van der Waals surface area contributed by atoms with Crippen LogP contribution in [0.5, 0.6) is 11.5 Å². The fourth-order valence-corrected chi connectivity index (χ4v) is 4.52. The van der Waals surface area contributed by atoms with Gasteiger partial charge in [-0.15, -0.1) is 0 Å². The molecule has 2 saturated carbocycles. The molecule has 0 aromatic heterocycles. The van der Waals surface area contributed by atoms with E-state index in [-0.39, 0.29) is 54.2 Å². The van der Waals surface area contributed by atoms with Crippen molar-refractivity contribution in [3.05, 3.63) is 47.5 Å². The van der Waals surface area contributed by atoms with E-state index in [9.17, 15) is 39.6 Å². The third-order valence-corrected chi connectivity index (χ3v) is 6.58. The third kappa shape index (κ3) is 10.9. The number of nitrogens with one attached hydrogen (secondary N) is 2. The summed E-state index contributed by atoms with van der Waals surface area (Å²) in [4.78, 5) is 44.9. The Labute approximate surface area is 249 Å². The van der Waals surface area contributed by atoms with Gasteiger partial charge in [0, 0.05) is 22.5 Å². The number of aromatic hydroxyl groups is 2. The second kappa shape index (κ2) is 16.4. The van der Waals surface area contributed by atoms with E-state index in [2.05, 4.69) is 10.6 Å². The third-order valence-electron chi connectivity index (χ3n) is 6.58. The van der Waals surface area contributed by atoms with E-state index in [1.54, 1.807) is 0 Å². The van der Waals surface area contributed by atoms with E-state index in [1.165, 1.54) is 24.3 Å². The first-order valence-electron chi connectivity index (χ1n) is 13.2. The van der Waals surface area contributed by atoms with Gasteiger partial charge in [-0.1, -0.05) is 12.8 Å². The van der Waals surface area contributed by atoms with Gasteiger partial charge >= 0.3 is 31.7 Å². The van der Waals surface area contributed by atoms with Crippen LogP contribution in [0.4, 0.5) is 21.0 Å². The molecule has 4 rings (SSSR count). The number of carboxylic acids is 2. The van der Waals surface area contributed by atoms with Gasteiger partial charge < -0.3 is 39.5 Å². The van der Waals surface area contributed by atoms with E-state index < -0.39 is 35.6 Å². The minimum atomic E-state index is -1.51. The maximum absolute atomic E-state index is 11.7. The molecule has 216 valence electrons. The molecule has 0 spiro atoms. The molecule has 0 bridgehead atoms. The topological polar surface area (TPSA) is 197 Å². The van der Waals surface area contributed by atoms with Gasteiger partial charge in [-0.25, -0.2) is 9.59 Å². The molecule has 41 heavy (non-hydrogen) atoms. The zero-order valence-electron chi connectivity index (χ0n) is 22.6. The SMILES string of the molecule is O=C(Nc1ccc(O)c(C(=O)[O-])c1)OC1CCCCC1.O=C(Nc1ccc(O)c(C(=O)[O-])c1)OC1CCCCC1.[Zn+2]. The van der Waals surface area contributed by atoms with Crippen LogP contribution in [0.2, 0.25) is 0 Å². The van der Waals surface area contributed by atoms with Crippen molar-refractivity contribution >= 4 is 35.5 Å². The molecule has 0 saturated heterocycles. The summed E-state index contributed by atoms with van der Waals surface area (Å²) >= 11 is 0. The van der Waals surface area contributed by atoms with Crippen molar-refractivity contribution in [1.29, 1.82) is 0 Å². The van der Waals surface area contributed by atoms with Crippen molar-refractivity contribution in [2.45, 2.75) is 76.4 Å². The van der Waals surface area contributed by atoms with Gasteiger partial charge in [0.05, 0.1) is 11.9 Å². The fraction of sp³-hybridized carbons (Fsp3) is 0.429. The number of ether oxygens (including phenoxy) is 2. The summed E-state index contributed by atoms with van der Waals surface area (Å²) in [5.41, 5.74) is -0.272. The first kappa shape index (κ1) is 33.4. The molecule has 2 amide bonds. The van der Waals surface area contributed by atoms with Crippen LogP contribution in [0.25, 0.3) is 0 Å². The van der Waals surface area contributed by atoms with Crippen molar-refractivity contribution < 1.29 is 68.6 Å². The van der Waals surface area contributed by atoms with E-state index in [4.69, 9.17) is 9.47 Å². The molecule has 12 nitrogen and oxygen atoms in total. The van der Waals surface area contributed by atoms with Crippen LogP contribution in [0.15, 0.2) is 36.4 Å². The van der Waals surface area contributed by atoms with E-state index in [0.29, 0.717) is 0 Å². The Bertz CT molecular complexity index is 1120. The van der Waals surface area contributed by atoms with Crippen LogP contribution >= 0.6 is 0 Å². The monoisotopic (exact) mass is 620 g/mol. The van der Waals surface area contributed by atoms with Crippen LogP contribution in [0, 0.1) is 0 Å². The number of anilines is 2. The van der Waals surface area contributed by atoms with Crippen molar-refractivity contribution in [3.63, 3.8) is 0 Å². The van der Waals surface area contributed by atoms with Crippen LogP contribution in [0.3, 0.4) is 0 Å². The number of rotatable bonds is 6. The van der Waals surface area contributed by atoms with Crippen LogP contribution in [0.1, 0.15) is 84.9 Å². The zero-order valence-corrected chi connectivity index (χ0v) is 25.5. The number of phenols is 2. The Hall–Kier alpha value is -3.86. The molecular weight excluding hydrogens is 590 g/mol. The van der Waals surface area contributed by atoms with Crippen LogP contribution in [-0.2, 0) is 29.0 Å². The minimum Gasteiger partial charge on any atom is -0.545 e. The number of hydrogen-bond donors (Lipinski definition) is 4. The molecule has 13 heteroatoms. The largest absolute Gasteiger partial charge is 2.00 e. The number of benzene rings is 2. The Kier molecular flexibility index (Phi) is 13.4. The van der Waals surface area contributed by atoms with Crippen LogP contribution in [-0.4, -0.2) is 46.5 Å². The van der Waals surface area contributed by atoms with E-state index in [0.717, 1.165) is 76.3 Å². The van der Waals surface area contributed by atoms with Gasteiger partial charge in [-0.3, -0.25) is 10.6 Å². The van der Waals surface area contributed by atoms with Gasteiger partial charge in [0.1, 0.15) is 23.7 Å². The molecule has 2 aliphatic carbocycles. The Morgan fingerprint density at radius 3 is 1.29 bits per heavy atom. The van der Waals surface area contributed by atoms with Gasteiger partial charge in [0.2, 0.25) is 0 Å². The maximum Gasteiger partial charge on any atom is 2.00 e. The summed E-state index contributed by atoms with van der Waals surface area (Å²) in [5.74, 6) is -3.83. The molecular formula is C28H32N2O10Zn. The number of hydrogen-bond acceptors (Lipinski definition) is 10. The first-order valence-corrected chi connectivity index (χ1v) is 13.2. The molecule has 2 aromatic carbocycles. The van der Waals surface area contributed by atoms with Crippen molar-refractivity contribution in [1.82, 2.24) is 0 Å². The van der Waals surface area contributed by atoms with Gasteiger partial charge in [-0.2, -0.15) is 0 Å². The predicted octanol–water partition coefficient (Wildman–Crippen LogP) is 3.27. The predicted molar refractivity (Wildman–Crippen MR) is 139 cm³/mol. The Morgan fingerprint density at radius 2 is 0.976 bits per heavy atom. The zero-order chi connectivity index (χ0) is 29.1. The summed E-state index contributed by atoms with van der Waals surface area (Å²) in [6.07, 6.45) is 8.53. The van der Waals surface area contributed by atoms with Gasteiger partial charge in [0.15, 0.2) is 0 Å². The summed E-state index contributed by atoms with van der Waals surface area (Å²) < 4.78 is 10.5. The normalized spacial score (nSPS) is 15.2. The number of carboxylic acid groups (broad SMARTS) is 2. The van der Waals surface area contributed by atoms with Crippen molar-refractivity contribution in [2.75, 3.05) is 10.6 Å². The second-order valence-corrected chi connectivity index (χ2v) is 9.62. The molecule has 2 aliphatic rings. The van der Waals surface area contributed by atoms with Crippen molar-refractivity contribution in [2.24, 2.45) is 0 Å². The Morgan fingerprint density at radius 1 is 0.634 bits per heavy atom. The van der Waals surface area contributed by atoms with E-state index >= 15 is 0 Å². The minimum absolute atomic E-state index is 0. The first-order chi connectivity index (χ1) is 19.1. The Balaban J connectivity index is 0.000000280. The summed E-state index contributed by atoms with van der Waals surface area (Å²) in [7, 11) is 0. The summed E-state index contributed by atoms with van der Waals surface area (Å²) in [6, 6.07) is 7.41. The smallest absolute Gasteiger partial charge is 0.545 e. The molecule has 0 atom stereocenters. The fourth-order valence-electron chi connectivity index (χ4n) is 4.52.